The first-order valence-corrected chi connectivity index (χ1v) is 6.88. The van der Waals surface area contributed by atoms with E-state index < -0.39 is 4.92 Å². The van der Waals surface area contributed by atoms with Crippen LogP contribution in [0.3, 0.4) is 0 Å². The van der Waals surface area contributed by atoms with Crippen LogP contribution < -0.4 is 10.5 Å². The number of thioether (sulfide) groups is 1. The number of nitro groups is 1. The molecule has 0 aliphatic heterocycles. The molecule has 2 aromatic rings. The van der Waals surface area contributed by atoms with Crippen molar-refractivity contribution in [3.63, 3.8) is 0 Å². The van der Waals surface area contributed by atoms with Crippen LogP contribution >= 0.6 is 11.8 Å². The zero-order valence-electron chi connectivity index (χ0n) is 10.9. The second kappa shape index (κ2) is 6.29. The number of non-ortho nitro benzene ring substituents is 1. The van der Waals surface area contributed by atoms with E-state index in [0.29, 0.717) is 17.2 Å². The predicted octanol–water partition coefficient (Wildman–Crippen LogP) is 3.48. The van der Waals surface area contributed by atoms with Crippen LogP contribution in [0.2, 0.25) is 0 Å². The lowest BCUT2D eigenvalue weighted by Crippen LogP contribution is -1.93. The summed E-state index contributed by atoms with van der Waals surface area (Å²) in [5, 5.41) is 10.9. The Morgan fingerprint density at radius 3 is 2.75 bits per heavy atom. The summed E-state index contributed by atoms with van der Waals surface area (Å²) in [6.45, 7) is 0. The summed E-state index contributed by atoms with van der Waals surface area (Å²) in [6.07, 6.45) is 0. The number of ether oxygens (including phenoxy) is 1. The largest absolute Gasteiger partial charge is 0.496 e. The lowest BCUT2D eigenvalue weighted by molar-refractivity contribution is -0.385. The lowest BCUT2D eigenvalue weighted by atomic mass is 10.2. The van der Waals surface area contributed by atoms with Crippen molar-refractivity contribution in [1.29, 1.82) is 0 Å². The quantitative estimate of drug-likeness (QED) is 0.395. The number of nitrogen functional groups attached to an aromatic ring is 1. The fraction of sp³-hybridized carbons (Fsp3) is 0.143. The molecular weight excluding hydrogens is 276 g/mol. The minimum absolute atomic E-state index is 0.0347. The van der Waals surface area contributed by atoms with Crippen molar-refractivity contribution >= 4 is 23.1 Å². The van der Waals surface area contributed by atoms with Gasteiger partial charge in [0.15, 0.2) is 0 Å². The van der Waals surface area contributed by atoms with Gasteiger partial charge in [0.25, 0.3) is 5.69 Å². The van der Waals surface area contributed by atoms with Gasteiger partial charge < -0.3 is 10.5 Å². The third-order valence-electron chi connectivity index (χ3n) is 2.66. The highest BCUT2D eigenvalue weighted by Gasteiger charge is 2.10. The summed E-state index contributed by atoms with van der Waals surface area (Å²) in [5.74, 6) is 1.10. The van der Waals surface area contributed by atoms with Crippen molar-refractivity contribution in [3.8, 4) is 5.75 Å². The van der Waals surface area contributed by atoms with Crippen LogP contribution in [-0.4, -0.2) is 12.0 Å². The van der Waals surface area contributed by atoms with E-state index in [1.807, 2.05) is 24.3 Å². The molecule has 0 amide bonds. The first-order valence-electron chi connectivity index (χ1n) is 5.89. The molecule has 0 aliphatic rings. The van der Waals surface area contributed by atoms with Crippen molar-refractivity contribution < 1.29 is 9.66 Å². The Bertz CT molecular complexity index is 632. The number of rotatable bonds is 5. The molecule has 0 radical (unpaired) electrons. The van der Waals surface area contributed by atoms with Crippen LogP contribution in [0.1, 0.15) is 5.56 Å². The van der Waals surface area contributed by atoms with Crippen LogP contribution in [0.15, 0.2) is 47.4 Å². The van der Waals surface area contributed by atoms with Crippen molar-refractivity contribution in [1.82, 2.24) is 0 Å². The molecule has 2 N–H and O–H groups in total. The summed E-state index contributed by atoms with van der Waals surface area (Å²) in [6, 6.07) is 12.3. The molecule has 0 unspecified atom stereocenters. The monoisotopic (exact) mass is 290 g/mol. The molecule has 2 rings (SSSR count). The molecular formula is C14H14N2O3S. The number of hydrogen-bond donors (Lipinski definition) is 1. The second-order valence-electron chi connectivity index (χ2n) is 4.16. The molecule has 0 heterocycles. The van der Waals surface area contributed by atoms with E-state index in [2.05, 4.69) is 0 Å². The molecule has 5 nitrogen and oxygen atoms in total. The van der Waals surface area contributed by atoms with Crippen LogP contribution in [0.4, 0.5) is 11.4 Å². The van der Waals surface area contributed by atoms with Gasteiger partial charge in [-0.2, -0.15) is 0 Å². The fourth-order valence-corrected chi connectivity index (χ4v) is 2.62. The number of methoxy groups -OCH3 is 1. The molecule has 0 aliphatic carbocycles. The molecule has 104 valence electrons. The van der Waals surface area contributed by atoms with Crippen LogP contribution in [-0.2, 0) is 5.75 Å². The van der Waals surface area contributed by atoms with Gasteiger partial charge in [0.05, 0.1) is 18.1 Å². The van der Waals surface area contributed by atoms with E-state index in [1.54, 1.807) is 23.9 Å². The fourth-order valence-electron chi connectivity index (χ4n) is 1.72. The van der Waals surface area contributed by atoms with Gasteiger partial charge in [-0.25, -0.2) is 0 Å². The van der Waals surface area contributed by atoms with Crippen molar-refractivity contribution in [3.05, 3.63) is 58.1 Å². The average molecular weight is 290 g/mol. The van der Waals surface area contributed by atoms with Crippen LogP contribution in [0.5, 0.6) is 5.75 Å². The first kappa shape index (κ1) is 14.2. The maximum Gasteiger partial charge on any atom is 0.273 e. The Balaban J connectivity index is 2.16. The van der Waals surface area contributed by atoms with E-state index >= 15 is 0 Å². The molecule has 0 spiro atoms. The average Bonchev–Trinajstić information content (AvgIpc) is 2.45. The van der Waals surface area contributed by atoms with E-state index in [0.717, 1.165) is 10.5 Å². The van der Waals surface area contributed by atoms with E-state index in [-0.39, 0.29) is 5.69 Å². The topological polar surface area (TPSA) is 78.4 Å². The number of benzene rings is 2. The first-order chi connectivity index (χ1) is 9.58. The second-order valence-corrected chi connectivity index (χ2v) is 5.21. The number of anilines is 1. The number of nitro benzene ring substituents is 1. The Hall–Kier alpha value is -2.21. The third kappa shape index (κ3) is 3.64. The molecule has 0 atom stereocenters. The maximum absolute atomic E-state index is 10.9. The van der Waals surface area contributed by atoms with E-state index in [9.17, 15) is 10.1 Å². The SMILES string of the molecule is COc1cc(CSc2cccc(N)c2)cc([N+](=O)[O-])c1. The Morgan fingerprint density at radius 1 is 1.30 bits per heavy atom. The van der Waals surface area contributed by atoms with Crippen molar-refractivity contribution in [2.24, 2.45) is 0 Å². The van der Waals surface area contributed by atoms with Crippen molar-refractivity contribution in [2.45, 2.75) is 10.6 Å². The highest BCUT2D eigenvalue weighted by molar-refractivity contribution is 7.98. The molecule has 0 saturated carbocycles. The summed E-state index contributed by atoms with van der Waals surface area (Å²) >= 11 is 1.57. The smallest absolute Gasteiger partial charge is 0.273 e. The number of nitrogens with two attached hydrogens (primary N) is 1. The van der Waals surface area contributed by atoms with Crippen molar-refractivity contribution in [2.75, 3.05) is 12.8 Å². The van der Waals surface area contributed by atoms with Crippen LogP contribution in [0.25, 0.3) is 0 Å². The molecule has 20 heavy (non-hydrogen) atoms. The standard InChI is InChI=1S/C14H14N2O3S/c1-19-13-6-10(5-12(8-13)16(17)18)9-20-14-4-2-3-11(15)7-14/h2-8H,9,15H2,1H3. The molecule has 0 saturated heterocycles. The molecule has 6 heteroatoms. The van der Waals surface area contributed by atoms with Crippen LogP contribution in [0, 0.1) is 10.1 Å². The minimum Gasteiger partial charge on any atom is -0.496 e. The van der Waals surface area contributed by atoms with Gasteiger partial charge in [0, 0.05) is 22.4 Å². The van der Waals surface area contributed by atoms with Gasteiger partial charge in [-0.05, 0) is 29.8 Å². The highest BCUT2D eigenvalue weighted by Crippen LogP contribution is 2.29. The zero-order chi connectivity index (χ0) is 14.5. The van der Waals surface area contributed by atoms with Gasteiger partial charge in [-0.3, -0.25) is 10.1 Å². The normalized spacial score (nSPS) is 10.2. The summed E-state index contributed by atoms with van der Waals surface area (Å²) in [7, 11) is 1.49. The summed E-state index contributed by atoms with van der Waals surface area (Å²) < 4.78 is 5.08. The van der Waals surface area contributed by atoms with E-state index in [1.165, 1.54) is 13.2 Å². The number of hydrogen-bond acceptors (Lipinski definition) is 5. The van der Waals surface area contributed by atoms with Gasteiger partial charge in [-0.1, -0.05) is 6.07 Å². The minimum atomic E-state index is -0.419. The van der Waals surface area contributed by atoms with Gasteiger partial charge in [0.2, 0.25) is 0 Å². The van der Waals surface area contributed by atoms with Gasteiger partial charge in [-0.15, -0.1) is 11.8 Å². The Morgan fingerprint density at radius 2 is 2.10 bits per heavy atom. The zero-order valence-corrected chi connectivity index (χ0v) is 11.7. The third-order valence-corrected chi connectivity index (χ3v) is 3.73. The Labute approximate surface area is 120 Å². The molecule has 0 bridgehead atoms. The molecule has 0 aromatic heterocycles. The maximum atomic E-state index is 10.9. The predicted molar refractivity (Wildman–Crippen MR) is 80.1 cm³/mol. The van der Waals surface area contributed by atoms with Gasteiger partial charge >= 0.3 is 0 Å². The molecule has 2 aromatic carbocycles. The molecule has 0 fully saturated rings. The number of nitrogens with zero attached hydrogens (tertiary/aromatic N) is 1. The Kier molecular flexibility index (Phi) is 4.47. The lowest BCUT2D eigenvalue weighted by Gasteiger charge is -2.06. The van der Waals surface area contributed by atoms with E-state index in [4.69, 9.17) is 10.5 Å². The summed E-state index contributed by atoms with van der Waals surface area (Å²) in [4.78, 5) is 11.5. The summed E-state index contributed by atoms with van der Waals surface area (Å²) in [5.41, 5.74) is 7.29. The highest BCUT2D eigenvalue weighted by atomic mass is 32.2. The van der Waals surface area contributed by atoms with Gasteiger partial charge in [0.1, 0.15) is 5.75 Å².